The molecule has 2 rings (SSSR count). The molecule has 0 aromatic carbocycles. The van der Waals surface area contributed by atoms with Crippen LogP contribution >= 0.6 is 12.4 Å². The minimum absolute atomic E-state index is 0. The highest BCUT2D eigenvalue weighted by atomic mass is 35.5. The Kier molecular flexibility index (Phi) is 5.18. The van der Waals surface area contributed by atoms with Gasteiger partial charge in [0.05, 0.1) is 11.9 Å². The highest BCUT2D eigenvalue weighted by Gasteiger charge is 2.14. The number of likely N-dealkylation sites (N-methyl/N-ethyl adjacent to an activating group) is 1. The molecule has 0 spiro atoms. The molecule has 0 aliphatic carbocycles. The fraction of sp³-hybridized carbons (Fsp3) is 0.455. The van der Waals surface area contributed by atoms with E-state index >= 15 is 0 Å². The van der Waals surface area contributed by atoms with Crippen LogP contribution in [-0.2, 0) is 0 Å². The van der Waals surface area contributed by atoms with E-state index in [1.807, 2.05) is 12.1 Å². The minimum Gasteiger partial charge on any atom is -0.370 e. The molecule has 1 aromatic rings. The number of pyridine rings is 1. The first-order valence-electron chi connectivity index (χ1n) is 5.64. The van der Waals surface area contributed by atoms with Crippen LogP contribution in [0.1, 0.15) is 0 Å². The first-order valence-corrected chi connectivity index (χ1v) is 5.64. The second-order valence-electron chi connectivity index (χ2n) is 4.20. The molecule has 0 bridgehead atoms. The van der Waals surface area contributed by atoms with Crippen molar-refractivity contribution in [2.24, 2.45) is 16.5 Å². The Morgan fingerprint density at radius 2 is 1.89 bits per heavy atom. The third-order valence-electron chi connectivity index (χ3n) is 2.82. The number of hydrogen-bond acceptors (Lipinski definition) is 4. The average molecular weight is 271 g/mol. The van der Waals surface area contributed by atoms with Gasteiger partial charge in [-0.3, -0.25) is 0 Å². The normalized spacial score (nSPS) is 15.9. The summed E-state index contributed by atoms with van der Waals surface area (Å²) in [7, 11) is 2.13. The maximum absolute atomic E-state index is 5.30. The molecule has 2 heterocycles. The van der Waals surface area contributed by atoms with Gasteiger partial charge in [-0.25, -0.2) is 9.98 Å². The van der Waals surface area contributed by atoms with Gasteiger partial charge in [-0.15, -0.1) is 12.4 Å². The Labute approximate surface area is 113 Å². The molecule has 1 saturated heterocycles. The lowest BCUT2D eigenvalue weighted by Gasteiger charge is -2.33. The summed E-state index contributed by atoms with van der Waals surface area (Å²) in [6.45, 7) is 4.14. The Balaban J connectivity index is 0.00000162. The number of rotatable bonds is 2. The van der Waals surface area contributed by atoms with Gasteiger partial charge in [0, 0.05) is 26.2 Å². The quantitative estimate of drug-likeness (QED) is 0.591. The summed E-state index contributed by atoms with van der Waals surface area (Å²) >= 11 is 0. The molecule has 0 amide bonds. The number of nitrogens with two attached hydrogens (primary N) is 2. The van der Waals surface area contributed by atoms with Gasteiger partial charge in [-0.2, -0.15) is 0 Å². The standard InChI is InChI=1S/C11H18N6.ClH/c1-16-4-6-17(7-5-16)10-3-2-9(8-14-10)15-11(12)13;/h2-3,8H,4-7H2,1H3,(H4,12,13,15);1H. The van der Waals surface area contributed by atoms with Crippen LogP contribution in [0.25, 0.3) is 0 Å². The lowest BCUT2D eigenvalue weighted by molar-refractivity contribution is 0.312. The van der Waals surface area contributed by atoms with E-state index in [0.717, 1.165) is 32.0 Å². The molecule has 100 valence electrons. The Hall–Kier alpha value is -1.53. The van der Waals surface area contributed by atoms with Gasteiger partial charge in [-0.1, -0.05) is 0 Å². The van der Waals surface area contributed by atoms with E-state index in [1.165, 1.54) is 0 Å². The van der Waals surface area contributed by atoms with Gasteiger partial charge < -0.3 is 21.3 Å². The van der Waals surface area contributed by atoms with Crippen LogP contribution < -0.4 is 16.4 Å². The van der Waals surface area contributed by atoms with Crippen LogP contribution in [0.4, 0.5) is 11.5 Å². The van der Waals surface area contributed by atoms with Crippen LogP contribution in [0.3, 0.4) is 0 Å². The third-order valence-corrected chi connectivity index (χ3v) is 2.82. The van der Waals surface area contributed by atoms with E-state index in [-0.39, 0.29) is 18.4 Å². The van der Waals surface area contributed by atoms with E-state index in [9.17, 15) is 0 Å². The Morgan fingerprint density at radius 3 is 2.39 bits per heavy atom. The van der Waals surface area contributed by atoms with Gasteiger partial charge in [0.15, 0.2) is 5.96 Å². The summed E-state index contributed by atoms with van der Waals surface area (Å²) in [5, 5.41) is 0. The summed E-state index contributed by atoms with van der Waals surface area (Å²) in [5.74, 6) is 1.03. The predicted molar refractivity (Wildman–Crippen MR) is 76.7 cm³/mol. The van der Waals surface area contributed by atoms with Crippen LogP contribution in [0.2, 0.25) is 0 Å². The van der Waals surface area contributed by atoms with Crippen LogP contribution in [-0.4, -0.2) is 49.1 Å². The summed E-state index contributed by atoms with van der Waals surface area (Å²) < 4.78 is 0. The molecular weight excluding hydrogens is 252 g/mol. The van der Waals surface area contributed by atoms with Gasteiger partial charge in [0.2, 0.25) is 0 Å². The van der Waals surface area contributed by atoms with Crippen molar-refractivity contribution in [3.8, 4) is 0 Å². The molecule has 1 aromatic heterocycles. The summed E-state index contributed by atoms with van der Waals surface area (Å²) in [4.78, 5) is 12.9. The van der Waals surface area contributed by atoms with E-state index < -0.39 is 0 Å². The van der Waals surface area contributed by atoms with Crippen LogP contribution in [0, 0.1) is 0 Å². The first kappa shape index (κ1) is 14.5. The third kappa shape index (κ3) is 3.75. The van der Waals surface area contributed by atoms with Crippen molar-refractivity contribution in [3.63, 3.8) is 0 Å². The second kappa shape index (κ2) is 6.42. The highest BCUT2D eigenvalue weighted by Crippen LogP contribution is 2.17. The number of guanidine groups is 1. The van der Waals surface area contributed by atoms with Crippen molar-refractivity contribution < 1.29 is 0 Å². The maximum atomic E-state index is 5.30. The van der Waals surface area contributed by atoms with Gasteiger partial charge in [-0.05, 0) is 19.2 Å². The van der Waals surface area contributed by atoms with Gasteiger partial charge in [0.1, 0.15) is 5.82 Å². The topological polar surface area (TPSA) is 83.8 Å². The smallest absolute Gasteiger partial charge is 0.191 e. The monoisotopic (exact) mass is 270 g/mol. The molecule has 1 fully saturated rings. The molecule has 0 radical (unpaired) electrons. The SMILES string of the molecule is CN1CCN(c2ccc(N=C(N)N)cn2)CC1.Cl. The maximum Gasteiger partial charge on any atom is 0.191 e. The van der Waals surface area contributed by atoms with Gasteiger partial charge >= 0.3 is 0 Å². The molecule has 0 unspecified atom stereocenters. The van der Waals surface area contributed by atoms with E-state index in [2.05, 4.69) is 26.8 Å². The summed E-state index contributed by atoms with van der Waals surface area (Å²) in [6.07, 6.45) is 1.69. The number of piperazine rings is 1. The summed E-state index contributed by atoms with van der Waals surface area (Å²) in [5.41, 5.74) is 11.3. The largest absolute Gasteiger partial charge is 0.370 e. The molecule has 6 nitrogen and oxygen atoms in total. The molecule has 0 saturated carbocycles. The fourth-order valence-electron chi connectivity index (χ4n) is 1.82. The number of aliphatic imine (C=N–C) groups is 1. The van der Waals surface area contributed by atoms with Crippen molar-refractivity contribution in [2.45, 2.75) is 0 Å². The minimum atomic E-state index is 0. The Bertz CT molecular complexity index is 392. The highest BCUT2D eigenvalue weighted by molar-refractivity contribution is 5.85. The van der Waals surface area contributed by atoms with Crippen LogP contribution in [0.5, 0.6) is 0 Å². The molecular formula is C11H19ClN6. The van der Waals surface area contributed by atoms with Crippen molar-refractivity contribution in [1.29, 1.82) is 0 Å². The molecule has 4 N–H and O–H groups in total. The number of halogens is 1. The van der Waals surface area contributed by atoms with Crippen molar-refractivity contribution in [3.05, 3.63) is 18.3 Å². The van der Waals surface area contributed by atoms with Crippen molar-refractivity contribution in [1.82, 2.24) is 9.88 Å². The molecule has 0 atom stereocenters. The zero-order valence-corrected chi connectivity index (χ0v) is 11.2. The van der Waals surface area contributed by atoms with E-state index in [0.29, 0.717) is 5.69 Å². The fourth-order valence-corrected chi connectivity index (χ4v) is 1.82. The number of aromatic nitrogens is 1. The molecule has 7 heteroatoms. The Morgan fingerprint density at radius 1 is 1.22 bits per heavy atom. The summed E-state index contributed by atoms with van der Waals surface area (Å²) in [6, 6.07) is 3.83. The van der Waals surface area contributed by atoms with Crippen molar-refractivity contribution >= 4 is 29.9 Å². The predicted octanol–water partition coefficient (Wildman–Crippen LogP) is 0.160. The van der Waals surface area contributed by atoms with Crippen molar-refractivity contribution in [2.75, 3.05) is 38.1 Å². The zero-order valence-electron chi connectivity index (χ0n) is 10.4. The lowest BCUT2D eigenvalue weighted by atomic mass is 10.3. The molecule has 1 aliphatic heterocycles. The van der Waals surface area contributed by atoms with Gasteiger partial charge in [0.25, 0.3) is 0 Å². The number of anilines is 1. The van der Waals surface area contributed by atoms with Crippen LogP contribution in [0.15, 0.2) is 23.3 Å². The number of nitrogens with zero attached hydrogens (tertiary/aromatic N) is 4. The first-order chi connectivity index (χ1) is 8.15. The molecule has 18 heavy (non-hydrogen) atoms. The zero-order chi connectivity index (χ0) is 12.3. The second-order valence-corrected chi connectivity index (χ2v) is 4.20. The number of hydrogen-bond donors (Lipinski definition) is 2. The average Bonchev–Trinajstić information content (AvgIpc) is 2.30. The van der Waals surface area contributed by atoms with E-state index in [1.54, 1.807) is 6.20 Å². The molecule has 1 aliphatic rings. The van der Waals surface area contributed by atoms with E-state index in [4.69, 9.17) is 11.5 Å². The lowest BCUT2D eigenvalue weighted by Crippen LogP contribution is -2.44.